The Morgan fingerprint density at radius 3 is 2.06 bits per heavy atom. The third-order valence-electron chi connectivity index (χ3n) is 4.43. The van der Waals surface area contributed by atoms with E-state index in [1.54, 1.807) is 48.5 Å². The number of carbonyl (C=O) groups is 2. The average Bonchev–Trinajstić information content (AvgIpc) is 2.79. The van der Waals surface area contributed by atoms with Gasteiger partial charge in [0.15, 0.2) is 0 Å². The van der Waals surface area contributed by atoms with Crippen molar-refractivity contribution in [3.8, 4) is 5.75 Å². The second-order valence-electron chi connectivity index (χ2n) is 6.41. The van der Waals surface area contributed by atoms with Gasteiger partial charge in [0.25, 0.3) is 21.8 Å². The third kappa shape index (κ3) is 5.01. The van der Waals surface area contributed by atoms with Crippen molar-refractivity contribution >= 4 is 33.2 Å². The van der Waals surface area contributed by atoms with E-state index in [2.05, 4.69) is 15.4 Å². The molecule has 0 aliphatic carbocycles. The standard InChI is InChI=1S/C22H21N3O5S/c1-23-22(27)17-7-3-4-8-18(17)24-21(26)15-11-13-16(14-12-15)31(28,29)25-19-9-5-6-10-20(19)30-2/h3-14,25H,1-2H3,(H,23,27)(H,24,26). The molecule has 3 aromatic rings. The number of methoxy groups -OCH3 is 1. The van der Waals surface area contributed by atoms with Crippen LogP contribution in [-0.4, -0.2) is 34.4 Å². The highest BCUT2D eigenvalue weighted by molar-refractivity contribution is 7.92. The van der Waals surface area contributed by atoms with Gasteiger partial charge in [0.1, 0.15) is 5.75 Å². The van der Waals surface area contributed by atoms with Gasteiger partial charge < -0.3 is 15.4 Å². The van der Waals surface area contributed by atoms with E-state index in [9.17, 15) is 18.0 Å². The molecule has 0 aliphatic heterocycles. The maximum absolute atomic E-state index is 12.7. The molecule has 9 heteroatoms. The number of carbonyl (C=O) groups excluding carboxylic acids is 2. The molecule has 0 aromatic heterocycles. The van der Waals surface area contributed by atoms with E-state index in [-0.39, 0.29) is 16.4 Å². The van der Waals surface area contributed by atoms with Gasteiger partial charge in [0.2, 0.25) is 0 Å². The molecule has 0 atom stereocenters. The fraction of sp³-hybridized carbons (Fsp3) is 0.0909. The summed E-state index contributed by atoms with van der Waals surface area (Å²) in [4.78, 5) is 24.5. The van der Waals surface area contributed by atoms with Gasteiger partial charge in [-0.05, 0) is 48.5 Å². The van der Waals surface area contributed by atoms with E-state index in [0.717, 1.165) is 0 Å². The van der Waals surface area contributed by atoms with E-state index < -0.39 is 15.9 Å². The quantitative estimate of drug-likeness (QED) is 0.524. The highest BCUT2D eigenvalue weighted by Crippen LogP contribution is 2.26. The van der Waals surface area contributed by atoms with Crippen LogP contribution >= 0.6 is 0 Å². The normalized spacial score (nSPS) is 10.8. The van der Waals surface area contributed by atoms with Crippen LogP contribution in [0.15, 0.2) is 77.7 Å². The zero-order valence-corrected chi connectivity index (χ0v) is 17.7. The van der Waals surface area contributed by atoms with Crippen LogP contribution in [-0.2, 0) is 10.0 Å². The van der Waals surface area contributed by atoms with Crippen molar-refractivity contribution in [3.05, 3.63) is 83.9 Å². The first-order valence-corrected chi connectivity index (χ1v) is 10.7. The molecule has 160 valence electrons. The van der Waals surface area contributed by atoms with Gasteiger partial charge in [0, 0.05) is 12.6 Å². The lowest BCUT2D eigenvalue weighted by Gasteiger charge is -2.12. The van der Waals surface area contributed by atoms with Gasteiger partial charge in [-0.2, -0.15) is 0 Å². The highest BCUT2D eigenvalue weighted by Gasteiger charge is 2.18. The van der Waals surface area contributed by atoms with Crippen LogP contribution in [0, 0.1) is 0 Å². The van der Waals surface area contributed by atoms with Crippen LogP contribution in [0.25, 0.3) is 0 Å². The number of hydrogen-bond acceptors (Lipinski definition) is 5. The first-order chi connectivity index (χ1) is 14.9. The van der Waals surface area contributed by atoms with Gasteiger partial charge in [0.05, 0.1) is 28.9 Å². The molecule has 2 amide bonds. The minimum absolute atomic E-state index is 0.0132. The molecule has 0 heterocycles. The lowest BCUT2D eigenvalue weighted by molar-refractivity contribution is 0.0964. The number of para-hydroxylation sites is 3. The van der Waals surface area contributed by atoms with Crippen molar-refractivity contribution in [2.24, 2.45) is 0 Å². The molecule has 0 fully saturated rings. The summed E-state index contributed by atoms with van der Waals surface area (Å²) in [5, 5.41) is 5.19. The van der Waals surface area contributed by atoms with Crippen molar-refractivity contribution in [2.45, 2.75) is 4.90 Å². The molecule has 8 nitrogen and oxygen atoms in total. The monoisotopic (exact) mass is 439 g/mol. The third-order valence-corrected chi connectivity index (χ3v) is 5.81. The Labute approximate surface area is 180 Å². The number of benzene rings is 3. The largest absolute Gasteiger partial charge is 0.495 e. The lowest BCUT2D eigenvalue weighted by atomic mass is 10.1. The van der Waals surface area contributed by atoms with Crippen LogP contribution in [0.5, 0.6) is 5.75 Å². The topological polar surface area (TPSA) is 114 Å². The van der Waals surface area contributed by atoms with E-state index in [4.69, 9.17) is 4.74 Å². The molecule has 0 saturated carbocycles. The molecule has 3 rings (SSSR count). The van der Waals surface area contributed by atoms with Crippen molar-refractivity contribution < 1.29 is 22.7 Å². The van der Waals surface area contributed by atoms with Crippen LogP contribution < -0.4 is 20.1 Å². The van der Waals surface area contributed by atoms with Gasteiger partial charge in [-0.3, -0.25) is 14.3 Å². The summed E-state index contributed by atoms with van der Waals surface area (Å²) >= 11 is 0. The highest BCUT2D eigenvalue weighted by atomic mass is 32.2. The smallest absolute Gasteiger partial charge is 0.262 e. The molecule has 0 unspecified atom stereocenters. The minimum Gasteiger partial charge on any atom is -0.495 e. The zero-order valence-electron chi connectivity index (χ0n) is 16.9. The molecule has 0 radical (unpaired) electrons. The Balaban J connectivity index is 1.78. The van der Waals surface area contributed by atoms with Crippen LogP contribution in [0.2, 0.25) is 0 Å². The van der Waals surface area contributed by atoms with Crippen LogP contribution in [0.1, 0.15) is 20.7 Å². The zero-order chi connectivity index (χ0) is 22.4. The predicted molar refractivity (Wildman–Crippen MR) is 118 cm³/mol. The van der Waals surface area contributed by atoms with E-state index >= 15 is 0 Å². The number of hydrogen-bond donors (Lipinski definition) is 3. The summed E-state index contributed by atoms with van der Waals surface area (Å²) in [6.45, 7) is 0. The summed E-state index contributed by atoms with van der Waals surface area (Å²) in [7, 11) is -0.937. The molecule has 3 N–H and O–H groups in total. The van der Waals surface area contributed by atoms with Crippen LogP contribution in [0.4, 0.5) is 11.4 Å². The Kier molecular flexibility index (Phi) is 6.56. The second kappa shape index (κ2) is 9.31. The summed E-state index contributed by atoms with van der Waals surface area (Å²) in [6.07, 6.45) is 0. The van der Waals surface area contributed by atoms with Crippen molar-refractivity contribution in [1.82, 2.24) is 5.32 Å². The molecule has 0 aliphatic rings. The Bertz CT molecular complexity index is 1210. The van der Waals surface area contributed by atoms with Gasteiger partial charge in [-0.1, -0.05) is 24.3 Å². The van der Waals surface area contributed by atoms with Gasteiger partial charge in [-0.15, -0.1) is 0 Å². The minimum atomic E-state index is -3.88. The predicted octanol–water partition coefficient (Wildman–Crippen LogP) is 3.11. The number of ether oxygens (including phenoxy) is 1. The second-order valence-corrected chi connectivity index (χ2v) is 8.09. The SMILES string of the molecule is CNC(=O)c1ccccc1NC(=O)c1ccc(S(=O)(=O)Nc2ccccc2OC)cc1. The lowest BCUT2D eigenvalue weighted by Crippen LogP contribution is -2.21. The summed E-state index contributed by atoms with van der Waals surface area (Å²) in [5.74, 6) is -0.422. The van der Waals surface area contributed by atoms with Crippen molar-refractivity contribution in [3.63, 3.8) is 0 Å². The molecule has 0 saturated heterocycles. The molecular weight excluding hydrogens is 418 g/mol. The molecule has 31 heavy (non-hydrogen) atoms. The van der Waals surface area contributed by atoms with Crippen molar-refractivity contribution in [2.75, 3.05) is 24.2 Å². The number of rotatable bonds is 7. The Morgan fingerprint density at radius 2 is 1.42 bits per heavy atom. The van der Waals surface area contributed by atoms with E-state index in [0.29, 0.717) is 22.7 Å². The number of amides is 2. The fourth-order valence-corrected chi connectivity index (χ4v) is 3.91. The number of anilines is 2. The summed E-state index contributed by atoms with van der Waals surface area (Å²) in [6, 6.07) is 18.7. The first-order valence-electron chi connectivity index (χ1n) is 9.24. The summed E-state index contributed by atoms with van der Waals surface area (Å²) in [5.41, 5.74) is 1.21. The maximum atomic E-state index is 12.7. The maximum Gasteiger partial charge on any atom is 0.262 e. The van der Waals surface area contributed by atoms with Crippen molar-refractivity contribution in [1.29, 1.82) is 0 Å². The molecule has 3 aromatic carbocycles. The molecule has 0 spiro atoms. The number of nitrogens with one attached hydrogen (secondary N) is 3. The average molecular weight is 439 g/mol. The Hall–Kier alpha value is -3.85. The van der Waals surface area contributed by atoms with Gasteiger partial charge in [-0.25, -0.2) is 8.42 Å². The number of sulfonamides is 1. The van der Waals surface area contributed by atoms with Gasteiger partial charge >= 0.3 is 0 Å². The molecular formula is C22H21N3O5S. The van der Waals surface area contributed by atoms with Crippen LogP contribution in [0.3, 0.4) is 0 Å². The summed E-state index contributed by atoms with van der Waals surface area (Å²) < 4.78 is 33.0. The first kappa shape index (κ1) is 21.8. The van der Waals surface area contributed by atoms with E-state index in [1.165, 1.54) is 38.4 Å². The van der Waals surface area contributed by atoms with E-state index in [1.807, 2.05) is 0 Å². The Morgan fingerprint density at radius 1 is 0.806 bits per heavy atom. The fourth-order valence-electron chi connectivity index (χ4n) is 2.84. The molecule has 0 bridgehead atoms.